The van der Waals surface area contributed by atoms with E-state index >= 15 is 0 Å². The normalized spacial score (nSPS) is 16.9. The second kappa shape index (κ2) is 11.1. The molecule has 0 aliphatic carbocycles. The van der Waals surface area contributed by atoms with Crippen LogP contribution in [0.3, 0.4) is 0 Å². The number of alkyl halides is 3. The van der Waals surface area contributed by atoms with Crippen molar-refractivity contribution in [3.05, 3.63) is 48.0 Å². The zero-order chi connectivity index (χ0) is 21.8. The van der Waals surface area contributed by atoms with Crippen LogP contribution in [-0.4, -0.2) is 55.5 Å². The Labute approximate surface area is 197 Å². The van der Waals surface area contributed by atoms with Crippen molar-refractivity contribution in [2.75, 3.05) is 44.3 Å². The minimum atomic E-state index is -4.36. The molecule has 4 rings (SSSR count). The van der Waals surface area contributed by atoms with E-state index in [0.29, 0.717) is 18.8 Å². The molecule has 1 fully saturated rings. The number of halogens is 4. The minimum Gasteiger partial charge on any atom is -0.394 e. The van der Waals surface area contributed by atoms with Gasteiger partial charge in [-0.3, -0.25) is 0 Å². The first-order valence-corrected chi connectivity index (χ1v) is 11.5. The maximum Gasteiger partial charge on any atom is 0.416 e. The molecular weight excluding hydrogens is 461 g/mol. The van der Waals surface area contributed by atoms with Crippen molar-refractivity contribution < 1.29 is 23.0 Å². The van der Waals surface area contributed by atoms with Crippen LogP contribution in [0.25, 0.3) is 0 Å². The molecule has 0 saturated carbocycles. The molecule has 4 nitrogen and oxygen atoms in total. The molecule has 2 heterocycles. The Balaban J connectivity index is 0.00000289. The van der Waals surface area contributed by atoms with Crippen molar-refractivity contribution in [1.29, 1.82) is 0 Å². The number of benzene rings is 2. The number of nitrogens with zero attached hydrogens (tertiary/aromatic N) is 2. The fourth-order valence-corrected chi connectivity index (χ4v) is 5.29. The van der Waals surface area contributed by atoms with Gasteiger partial charge in [-0.05, 0) is 56.1 Å². The van der Waals surface area contributed by atoms with Crippen LogP contribution in [0.15, 0.2) is 52.3 Å². The van der Waals surface area contributed by atoms with Gasteiger partial charge in [-0.2, -0.15) is 13.2 Å². The van der Waals surface area contributed by atoms with Gasteiger partial charge in [0.25, 0.3) is 0 Å². The summed E-state index contributed by atoms with van der Waals surface area (Å²) in [6.45, 7) is 3.87. The summed E-state index contributed by atoms with van der Waals surface area (Å²) < 4.78 is 45.6. The number of hydrogen-bond donors (Lipinski definition) is 1. The Bertz CT molecular complexity index is 892. The Hall–Kier alpha value is -1.45. The monoisotopic (exact) mass is 488 g/mol. The fraction of sp³-hybridized carbons (Fsp3) is 0.478. The van der Waals surface area contributed by atoms with E-state index in [9.17, 15) is 13.2 Å². The van der Waals surface area contributed by atoms with Gasteiger partial charge in [0.1, 0.15) is 0 Å². The molecule has 0 aromatic heterocycles. The first-order valence-electron chi connectivity index (χ1n) is 10.7. The predicted octanol–water partition coefficient (Wildman–Crippen LogP) is 5.59. The third-order valence-corrected chi connectivity index (χ3v) is 6.92. The standard InChI is InChI=1S/C23H27F3N2O2S.ClH/c24-23(25,26)17-6-7-22-20(16-17)28(19-4-1-2-5-21(19)31-22)11-3-10-27-12-8-18(9-13-27)30-15-14-29;/h1-2,4-7,16,18,29H,3,8-15H2;1H. The van der Waals surface area contributed by atoms with E-state index < -0.39 is 11.7 Å². The highest BCUT2D eigenvalue weighted by Crippen LogP contribution is 2.49. The number of piperidine rings is 1. The largest absolute Gasteiger partial charge is 0.416 e. The average molecular weight is 489 g/mol. The van der Waals surface area contributed by atoms with Crippen LogP contribution in [0, 0.1) is 0 Å². The van der Waals surface area contributed by atoms with Crippen LogP contribution in [0.4, 0.5) is 24.5 Å². The summed E-state index contributed by atoms with van der Waals surface area (Å²) in [7, 11) is 0. The molecule has 1 saturated heterocycles. The van der Waals surface area contributed by atoms with Crippen molar-refractivity contribution in [3.8, 4) is 0 Å². The molecule has 0 atom stereocenters. The van der Waals surface area contributed by atoms with Crippen LogP contribution in [0.2, 0.25) is 0 Å². The van der Waals surface area contributed by atoms with Gasteiger partial charge in [-0.25, -0.2) is 0 Å². The third kappa shape index (κ3) is 5.91. The van der Waals surface area contributed by atoms with Crippen molar-refractivity contribution in [1.82, 2.24) is 4.90 Å². The average Bonchev–Trinajstić information content (AvgIpc) is 2.77. The minimum absolute atomic E-state index is 0. The molecule has 0 spiro atoms. The Morgan fingerprint density at radius 1 is 1.00 bits per heavy atom. The highest BCUT2D eigenvalue weighted by molar-refractivity contribution is 7.99. The number of fused-ring (bicyclic) bond motifs is 2. The number of para-hydroxylation sites is 1. The second-order valence-corrected chi connectivity index (χ2v) is 8.97. The molecule has 0 radical (unpaired) electrons. The maximum atomic E-state index is 13.3. The van der Waals surface area contributed by atoms with Crippen LogP contribution < -0.4 is 4.90 Å². The summed E-state index contributed by atoms with van der Waals surface area (Å²) in [6, 6.07) is 11.9. The Morgan fingerprint density at radius 3 is 2.44 bits per heavy atom. The van der Waals surface area contributed by atoms with E-state index in [4.69, 9.17) is 9.84 Å². The number of aliphatic hydroxyl groups is 1. The van der Waals surface area contributed by atoms with Gasteiger partial charge in [-0.1, -0.05) is 23.9 Å². The molecule has 2 aliphatic heterocycles. The van der Waals surface area contributed by atoms with E-state index in [-0.39, 0.29) is 25.1 Å². The van der Waals surface area contributed by atoms with Gasteiger partial charge in [-0.15, -0.1) is 12.4 Å². The van der Waals surface area contributed by atoms with Crippen molar-refractivity contribution in [2.45, 2.75) is 41.3 Å². The van der Waals surface area contributed by atoms with Gasteiger partial charge >= 0.3 is 6.18 Å². The predicted molar refractivity (Wildman–Crippen MR) is 123 cm³/mol. The maximum absolute atomic E-state index is 13.3. The molecule has 0 bridgehead atoms. The quantitative estimate of drug-likeness (QED) is 0.549. The lowest BCUT2D eigenvalue weighted by atomic mass is 10.1. The molecule has 2 aromatic carbocycles. The zero-order valence-corrected chi connectivity index (χ0v) is 19.3. The van der Waals surface area contributed by atoms with Gasteiger partial charge in [0.2, 0.25) is 0 Å². The number of ether oxygens (including phenoxy) is 1. The molecule has 2 aliphatic rings. The summed E-state index contributed by atoms with van der Waals surface area (Å²) >= 11 is 1.52. The molecule has 0 amide bonds. The van der Waals surface area contributed by atoms with Crippen molar-refractivity contribution >= 4 is 35.5 Å². The summed E-state index contributed by atoms with van der Waals surface area (Å²) in [4.78, 5) is 6.34. The lowest BCUT2D eigenvalue weighted by Gasteiger charge is -2.35. The molecule has 176 valence electrons. The molecule has 32 heavy (non-hydrogen) atoms. The van der Waals surface area contributed by atoms with Crippen molar-refractivity contribution in [3.63, 3.8) is 0 Å². The topological polar surface area (TPSA) is 35.9 Å². The second-order valence-electron chi connectivity index (χ2n) is 7.89. The summed E-state index contributed by atoms with van der Waals surface area (Å²) in [5.41, 5.74) is 0.992. The van der Waals surface area contributed by atoms with Gasteiger partial charge in [0, 0.05) is 29.4 Å². The highest BCUT2D eigenvalue weighted by Gasteiger charge is 2.33. The van der Waals surface area contributed by atoms with E-state index in [0.717, 1.165) is 54.4 Å². The van der Waals surface area contributed by atoms with E-state index in [2.05, 4.69) is 4.90 Å². The first kappa shape index (κ1) is 25.2. The molecule has 9 heteroatoms. The number of aliphatic hydroxyl groups excluding tert-OH is 1. The lowest BCUT2D eigenvalue weighted by molar-refractivity contribution is -0.137. The van der Waals surface area contributed by atoms with Crippen molar-refractivity contribution in [2.24, 2.45) is 0 Å². The molecule has 0 unspecified atom stereocenters. The number of anilines is 2. The molecule has 2 aromatic rings. The van der Waals surface area contributed by atoms with Gasteiger partial charge < -0.3 is 19.6 Å². The fourth-order valence-electron chi connectivity index (χ4n) is 4.22. The number of rotatable bonds is 7. The molecule has 1 N–H and O–H groups in total. The van der Waals surface area contributed by atoms with E-state index in [1.165, 1.54) is 23.9 Å². The van der Waals surface area contributed by atoms with Gasteiger partial charge in [0.05, 0.1) is 36.3 Å². The van der Waals surface area contributed by atoms with Crippen LogP contribution in [0.5, 0.6) is 0 Å². The van der Waals surface area contributed by atoms with Gasteiger partial charge in [0.15, 0.2) is 0 Å². The summed E-state index contributed by atoms with van der Waals surface area (Å²) in [5, 5.41) is 8.89. The van der Waals surface area contributed by atoms with Crippen LogP contribution in [0.1, 0.15) is 24.8 Å². The third-order valence-electron chi connectivity index (χ3n) is 5.79. The van der Waals surface area contributed by atoms with E-state index in [1.54, 1.807) is 6.07 Å². The Kier molecular flexibility index (Phi) is 8.75. The smallest absolute Gasteiger partial charge is 0.394 e. The zero-order valence-electron chi connectivity index (χ0n) is 17.7. The van der Waals surface area contributed by atoms with Crippen LogP contribution in [-0.2, 0) is 10.9 Å². The summed E-state index contributed by atoms with van der Waals surface area (Å²) in [5.74, 6) is 0. The summed E-state index contributed by atoms with van der Waals surface area (Å²) in [6.07, 6.45) is -1.40. The SMILES string of the molecule is Cl.OCCOC1CCN(CCCN2c3ccccc3Sc3ccc(C(F)(F)F)cc32)CC1. The number of likely N-dealkylation sites (tertiary alicyclic amines) is 1. The number of hydrogen-bond acceptors (Lipinski definition) is 5. The van der Waals surface area contributed by atoms with Crippen LogP contribution >= 0.6 is 24.2 Å². The Morgan fingerprint density at radius 2 is 1.72 bits per heavy atom. The highest BCUT2D eigenvalue weighted by atomic mass is 35.5. The lowest BCUT2D eigenvalue weighted by Crippen LogP contribution is -2.38. The molecular formula is C23H28ClF3N2O2S. The first-order chi connectivity index (χ1) is 15.0. The van der Waals surface area contributed by atoms with E-state index in [1.807, 2.05) is 29.2 Å².